The minimum Gasteiger partial charge on any atom is -0.381 e. The molecule has 10 heteroatoms. The van der Waals surface area contributed by atoms with Crippen molar-refractivity contribution in [3.8, 4) is 0 Å². The lowest BCUT2D eigenvalue weighted by atomic mass is 9.62. The second-order valence-corrected chi connectivity index (χ2v) is 36.6. The molecule has 0 radical (unpaired) electrons. The Morgan fingerprint density at radius 1 is 0.391 bits per heavy atom. The monoisotopic (exact) mass is 1200 g/mol. The number of methoxy groups -OCH3 is 1. The summed E-state index contributed by atoms with van der Waals surface area (Å²) >= 11 is 0. The quantitative estimate of drug-likeness (QED) is 0.139. The molecular formula is C77H128N8O2. The summed E-state index contributed by atoms with van der Waals surface area (Å²) in [5.74, 6) is 18.1. The molecule has 8 N–H and O–H groups in total. The van der Waals surface area contributed by atoms with Gasteiger partial charge in [-0.25, -0.2) is 13.1 Å². The van der Waals surface area contributed by atoms with Crippen LogP contribution in [0.1, 0.15) is 258 Å². The molecule has 10 nitrogen and oxygen atoms in total. The predicted molar refractivity (Wildman–Crippen MR) is 354 cm³/mol. The highest BCUT2D eigenvalue weighted by Gasteiger charge is 2.57. The van der Waals surface area contributed by atoms with Gasteiger partial charge < -0.3 is 47.2 Å². The standard InChI is InChI=1S/C14H25N.C13H20N2.C13H23NO.C13H23N.C12H18N2.C12H19NO/c1-3-12-5-10-4-11-6-13(12)9-14(7-10,8-11)15-2;1-14-12-5-10-3-9-4-11(12)8-13(6-9,7-10)15-2;1-14-13-6-9-3-10(7-13)5-12(15-2)11(4-9)8-13;1-2-11-4-9-3-10-5-12(11)8-13(14,6-9)7-10;1-14-11-4-9-2-8-3-10(11)7-12(13,5-8)6-9;1-13-12-5-8-2-9(6-12)4-11(14)10(3-8)7-12/h10-13,15H,3-9H2,1-2H3;9-12,15H,3-8H2,2H3;9-12,14H,3-8H2,1-2H3;9-12H,2-8,14H2,1H3;8-11H,2-7,13H2;8-10,13H,2-7H2,1H3. The average molecular weight is 1200 g/mol. The molecule has 0 aliphatic heterocycles. The summed E-state index contributed by atoms with van der Waals surface area (Å²) < 4.78 is 5.72. The third-order valence-electron chi connectivity index (χ3n) is 30.6. The largest absolute Gasteiger partial charge is 0.381 e. The van der Waals surface area contributed by atoms with Crippen LogP contribution in [0.5, 0.6) is 0 Å². The molecule has 24 aliphatic carbocycles. The number of carbonyl (C=O) groups excluding carboxylic acids is 1. The number of fused-ring (bicyclic) bond motifs is 6. The molecule has 0 heterocycles. The minimum absolute atomic E-state index is 0.121. The molecule has 0 aromatic heterocycles. The van der Waals surface area contributed by atoms with Gasteiger partial charge in [-0.1, -0.05) is 26.7 Å². The van der Waals surface area contributed by atoms with Crippen molar-refractivity contribution in [1.29, 1.82) is 0 Å². The number of rotatable bonds is 7. The summed E-state index contributed by atoms with van der Waals surface area (Å²) in [6, 6.07) is 0.645. The van der Waals surface area contributed by atoms with Crippen LogP contribution < -0.4 is 32.7 Å². The smallest absolute Gasteiger partial charge is 0.226 e. The van der Waals surface area contributed by atoms with E-state index in [1.807, 2.05) is 7.11 Å². The van der Waals surface area contributed by atoms with Crippen LogP contribution in [0.3, 0.4) is 0 Å². The highest BCUT2D eigenvalue weighted by Crippen LogP contribution is 2.60. The fourth-order valence-electron chi connectivity index (χ4n) is 28.2. The normalized spacial score (nSPS) is 53.6. The van der Waals surface area contributed by atoms with Crippen LogP contribution in [0.4, 0.5) is 0 Å². The molecule has 0 aromatic rings. The second kappa shape index (κ2) is 25.6. The molecule has 29 atom stereocenters. The Labute approximate surface area is 531 Å². The number of ether oxygens (including phenoxy) is 1. The molecule has 488 valence electrons. The SMILES string of the molecule is CCC1CC2CC3CC1CC(N)(C2)C3.CCC1CC2CC3CC1CC(NC)(C2)C3.CNC12CC3CC(=O)C(CC(C3)C1)C2.CNC12CC3CC(CC(OC)C(C3)C1)C2.[C-]#[N+]C1CC2CC3CC1CC(N)(C3)C2.[C-]#[N+]C1CC2CC3CC1CC(NC)(C3)C2. The highest BCUT2D eigenvalue weighted by molar-refractivity contribution is 5.82. The van der Waals surface area contributed by atoms with Gasteiger partial charge in [-0.3, -0.25) is 4.79 Å². The van der Waals surface area contributed by atoms with E-state index in [-0.39, 0.29) is 11.1 Å². The van der Waals surface area contributed by atoms with Gasteiger partial charge in [0.15, 0.2) is 0 Å². The number of hydrogen-bond acceptors (Lipinski definition) is 8. The molecule has 24 rings (SSSR count). The molecule has 24 bridgehead atoms. The maximum absolute atomic E-state index is 11.9. The molecule has 24 fully saturated rings. The van der Waals surface area contributed by atoms with E-state index in [1.165, 1.54) is 199 Å². The van der Waals surface area contributed by atoms with E-state index in [0.717, 1.165) is 120 Å². The van der Waals surface area contributed by atoms with Gasteiger partial charge in [0, 0.05) is 77.4 Å². The fraction of sp³-hybridized carbons (Fsp3) is 0.961. The van der Waals surface area contributed by atoms with Crippen molar-refractivity contribution in [1.82, 2.24) is 21.3 Å². The topological polar surface area (TPSA) is 135 Å². The minimum atomic E-state index is 0.121. The molecule has 0 aromatic carbocycles. The first-order valence-corrected chi connectivity index (χ1v) is 37.9. The Hall–Kier alpha value is -1.63. The average Bonchev–Trinajstić information content (AvgIpc) is 1.97. The number of carbonyl (C=O) groups is 1. The van der Waals surface area contributed by atoms with Gasteiger partial charge in [0.25, 0.3) is 0 Å². The Morgan fingerprint density at radius 2 is 0.713 bits per heavy atom. The van der Waals surface area contributed by atoms with Crippen LogP contribution in [-0.4, -0.2) is 92.5 Å². The second-order valence-electron chi connectivity index (χ2n) is 36.6. The molecule has 0 amide bonds. The van der Waals surface area contributed by atoms with Gasteiger partial charge in [-0.2, -0.15) is 0 Å². The van der Waals surface area contributed by atoms with Crippen molar-refractivity contribution >= 4 is 5.78 Å². The molecule has 24 saturated carbocycles. The molecule has 29 unspecified atom stereocenters. The van der Waals surface area contributed by atoms with Crippen LogP contribution in [0, 0.1) is 132 Å². The number of ketones is 1. The Bertz CT molecular complexity index is 2430. The van der Waals surface area contributed by atoms with E-state index in [9.17, 15) is 4.79 Å². The zero-order valence-corrected chi connectivity index (χ0v) is 56.5. The van der Waals surface area contributed by atoms with Gasteiger partial charge in [-0.05, 0) is 341 Å². The van der Waals surface area contributed by atoms with Crippen LogP contribution in [0.25, 0.3) is 9.69 Å². The van der Waals surface area contributed by atoms with Crippen molar-refractivity contribution in [3.05, 3.63) is 22.8 Å². The van der Waals surface area contributed by atoms with Gasteiger partial charge in [-0.15, -0.1) is 0 Å². The Morgan fingerprint density at radius 3 is 1.17 bits per heavy atom. The van der Waals surface area contributed by atoms with Gasteiger partial charge >= 0.3 is 0 Å². The van der Waals surface area contributed by atoms with Crippen LogP contribution in [-0.2, 0) is 9.53 Å². The fourth-order valence-corrected chi connectivity index (χ4v) is 28.2. The maximum Gasteiger partial charge on any atom is 0.226 e. The van der Waals surface area contributed by atoms with Crippen LogP contribution in [0.15, 0.2) is 0 Å². The lowest BCUT2D eigenvalue weighted by molar-refractivity contribution is -0.123. The van der Waals surface area contributed by atoms with E-state index in [4.69, 9.17) is 29.3 Å². The summed E-state index contributed by atoms with van der Waals surface area (Å²) in [6.07, 6.45) is 51.8. The predicted octanol–water partition coefficient (Wildman–Crippen LogP) is 14.7. The van der Waals surface area contributed by atoms with Crippen molar-refractivity contribution in [2.75, 3.05) is 35.3 Å². The Kier molecular flexibility index (Phi) is 18.9. The summed E-state index contributed by atoms with van der Waals surface area (Å²) in [7, 11) is 10.5. The number of nitrogens with two attached hydrogens (primary N) is 2. The van der Waals surface area contributed by atoms with Gasteiger partial charge in [0.05, 0.1) is 6.10 Å². The van der Waals surface area contributed by atoms with Crippen molar-refractivity contribution in [2.45, 2.75) is 309 Å². The van der Waals surface area contributed by atoms with E-state index < -0.39 is 0 Å². The van der Waals surface area contributed by atoms with Crippen molar-refractivity contribution in [2.24, 2.45) is 130 Å². The number of nitrogens with one attached hydrogen (secondary N) is 4. The third kappa shape index (κ3) is 13.4. The summed E-state index contributed by atoms with van der Waals surface area (Å²) in [5.41, 5.74) is 15.1. The first kappa shape index (κ1) is 64.1. The number of Topliss-reactive ketones (excluding diaryl/α,β-unsaturated/α-hetero) is 1. The summed E-state index contributed by atoms with van der Waals surface area (Å²) in [5, 5.41) is 14.4. The number of hydrogen-bond donors (Lipinski definition) is 6. The molecule has 0 saturated heterocycles. The maximum atomic E-state index is 11.9. The van der Waals surface area contributed by atoms with Gasteiger partial charge in [0.1, 0.15) is 5.78 Å². The number of nitrogens with zero attached hydrogens (tertiary/aromatic N) is 2. The zero-order chi connectivity index (χ0) is 60.7. The zero-order valence-electron chi connectivity index (χ0n) is 56.5. The van der Waals surface area contributed by atoms with E-state index in [1.54, 1.807) is 19.3 Å². The van der Waals surface area contributed by atoms with Crippen molar-refractivity contribution in [3.63, 3.8) is 0 Å². The lowest BCUT2D eigenvalue weighted by Crippen LogP contribution is -2.52. The summed E-state index contributed by atoms with van der Waals surface area (Å²) in [4.78, 5) is 19.6. The Balaban J connectivity index is 0.0000000966. The molecule has 87 heavy (non-hydrogen) atoms. The molecular weight excluding hydrogens is 1070 g/mol. The third-order valence-corrected chi connectivity index (χ3v) is 30.6. The molecule has 24 aliphatic rings. The van der Waals surface area contributed by atoms with E-state index in [2.05, 4.69) is 73.0 Å². The summed E-state index contributed by atoms with van der Waals surface area (Å²) in [6.45, 7) is 19.4. The van der Waals surface area contributed by atoms with Gasteiger partial charge in [0.2, 0.25) is 12.1 Å². The lowest BCUT2D eigenvalue weighted by Gasteiger charge is -2.48. The van der Waals surface area contributed by atoms with Crippen LogP contribution in [0.2, 0.25) is 0 Å². The first-order valence-electron chi connectivity index (χ1n) is 37.9. The van der Waals surface area contributed by atoms with Crippen LogP contribution >= 0.6 is 0 Å². The van der Waals surface area contributed by atoms with E-state index >= 15 is 0 Å². The molecule has 0 spiro atoms. The van der Waals surface area contributed by atoms with E-state index in [0.29, 0.717) is 69.8 Å². The first-order chi connectivity index (χ1) is 41.8. The highest BCUT2D eigenvalue weighted by atomic mass is 16.5. The van der Waals surface area contributed by atoms with Crippen molar-refractivity contribution < 1.29 is 9.53 Å².